The Balaban J connectivity index is 2.12. The highest BCUT2D eigenvalue weighted by Gasteiger charge is 2.43. The van der Waals surface area contributed by atoms with Gasteiger partial charge in [0.05, 0.1) is 12.2 Å². The van der Waals surface area contributed by atoms with Crippen LogP contribution in [0, 0.1) is 22.7 Å². The van der Waals surface area contributed by atoms with Gasteiger partial charge in [0, 0.05) is 28.8 Å². The molecule has 0 aromatic heterocycles. The number of anilines is 1. The van der Waals surface area contributed by atoms with Crippen molar-refractivity contribution in [3.8, 4) is 12.1 Å². The second-order valence-corrected chi connectivity index (χ2v) is 7.83. The Morgan fingerprint density at radius 1 is 1.19 bits per heavy atom. The molecule has 0 unspecified atom stereocenters. The number of rotatable bonds is 6. The minimum absolute atomic E-state index is 0.0744. The lowest BCUT2D eigenvalue weighted by Crippen LogP contribution is -2.28. The maximum Gasteiger partial charge on any atom is 0.305 e. The molecular weight excluding hydrogens is 394 g/mol. The molecule has 0 spiro atoms. The van der Waals surface area contributed by atoms with E-state index in [-0.39, 0.29) is 35.7 Å². The number of nitriles is 2. The number of nitrogens with one attached hydrogen (secondary N) is 1. The monoisotopic (exact) mass is 417 g/mol. The molecular formula is C24H23N3O4. The van der Waals surface area contributed by atoms with Crippen LogP contribution in [0.3, 0.4) is 0 Å². The van der Waals surface area contributed by atoms with Crippen LogP contribution in [0.2, 0.25) is 0 Å². The number of nitrogens with zero attached hydrogens (tertiary/aromatic N) is 2. The molecule has 0 saturated heterocycles. The Labute approximate surface area is 180 Å². The van der Waals surface area contributed by atoms with E-state index in [2.05, 4.69) is 5.32 Å². The van der Waals surface area contributed by atoms with E-state index in [0.29, 0.717) is 18.4 Å². The molecule has 3 rings (SSSR count). The Hall–Kier alpha value is -3.84. The maximum absolute atomic E-state index is 12.3. The summed E-state index contributed by atoms with van der Waals surface area (Å²) in [6, 6.07) is 11.3. The fourth-order valence-electron chi connectivity index (χ4n) is 4.10. The molecule has 0 atom stereocenters. The maximum atomic E-state index is 12.3. The minimum atomic E-state index is -0.718. The average Bonchev–Trinajstić information content (AvgIpc) is 3.03. The first kappa shape index (κ1) is 21.9. The van der Waals surface area contributed by atoms with Gasteiger partial charge < -0.3 is 15.2 Å². The van der Waals surface area contributed by atoms with Crippen LogP contribution in [0.1, 0.15) is 45.6 Å². The third-order valence-electron chi connectivity index (χ3n) is 5.60. The van der Waals surface area contributed by atoms with E-state index < -0.39 is 17.0 Å². The zero-order valence-corrected chi connectivity index (χ0v) is 17.7. The Kier molecular flexibility index (Phi) is 5.99. The van der Waals surface area contributed by atoms with Crippen molar-refractivity contribution < 1.29 is 19.4 Å². The summed E-state index contributed by atoms with van der Waals surface area (Å²) >= 11 is 0. The number of carbonyl (C=O) groups excluding carboxylic acids is 2. The number of aliphatic hydroxyl groups is 1. The summed E-state index contributed by atoms with van der Waals surface area (Å²) in [5.74, 6) is -1.52. The average molecular weight is 417 g/mol. The summed E-state index contributed by atoms with van der Waals surface area (Å²) in [4.78, 5) is 24.1. The van der Waals surface area contributed by atoms with Crippen LogP contribution in [0.5, 0.6) is 0 Å². The van der Waals surface area contributed by atoms with Gasteiger partial charge in [0.1, 0.15) is 17.7 Å². The van der Waals surface area contributed by atoms with E-state index in [1.54, 1.807) is 19.1 Å². The predicted molar refractivity (Wildman–Crippen MR) is 114 cm³/mol. The van der Waals surface area contributed by atoms with Crippen molar-refractivity contribution in [1.82, 2.24) is 0 Å². The number of hydrogen-bond donors (Lipinski definition) is 2. The predicted octanol–water partition coefficient (Wildman–Crippen LogP) is 4.12. The SMILES string of the molecule is CCOC(=O)CCCC(C1=C(O)C(=O)C1=C(C#N)C#N)=C1Nc2ccccc2C1(C)C. The zero-order valence-electron chi connectivity index (χ0n) is 17.7. The topological polar surface area (TPSA) is 123 Å². The van der Waals surface area contributed by atoms with Crippen LogP contribution in [-0.2, 0) is 19.7 Å². The number of para-hydroxylation sites is 1. The molecule has 1 aliphatic carbocycles. The number of benzene rings is 1. The van der Waals surface area contributed by atoms with Crippen LogP contribution >= 0.6 is 0 Å². The van der Waals surface area contributed by atoms with E-state index >= 15 is 0 Å². The summed E-state index contributed by atoms with van der Waals surface area (Å²) in [6.45, 7) is 6.06. The van der Waals surface area contributed by atoms with Crippen molar-refractivity contribution in [2.24, 2.45) is 0 Å². The molecule has 1 heterocycles. The van der Waals surface area contributed by atoms with Gasteiger partial charge in [-0.1, -0.05) is 32.0 Å². The van der Waals surface area contributed by atoms with E-state index in [1.165, 1.54) is 0 Å². The Bertz CT molecular complexity index is 1120. The summed E-state index contributed by atoms with van der Waals surface area (Å²) in [5, 5.41) is 32.4. The smallest absolute Gasteiger partial charge is 0.305 e. The fraction of sp³-hybridized carbons (Fsp3) is 0.333. The second kappa shape index (κ2) is 8.49. The molecule has 0 radical (unpaired) electrons. The summed E-state index contributed by atoms with van der Waals surface area (Å²) < 4.78 is 4.99. The van der Waals surface area contributed by atoms with Crippen LogP contribution in [0.25, 0.3) is 0 Å². The van der Waals surface area contributed by atoms with Crippen LogP contribution < -0.4 is 5.32 Å². The minimum Gasteiger partial charge on any atom is -0.504 e. The van der Waals surface area contributed by atoms with E-state index in [4.69, 9.17) is 4.74 Å². The van der Waals surface area contributed by atoms with Gasteiger partial charge in [-0.15, -0.1) is 0 Å². The highest BCUT2D eigenvalue weighted by molar-refractivity contribution is 6.21. The molecule has 2 N–H and O–H groups in total. The first-order chi connectivity index (χ1) is 14.8. The number of fused-ring (bicyclic) bond motifs is 1. The highest BCUT2D eigenvalue weighted by atomic mass is 16.5. The van der Waals surface area contributed by atoms with Gasteiger partial charge in [0.25, 0.3) is 0 Å². The van der Waals surface area contributed by atoms with E-state index in [0.717, 1.165) is 16.9 Å². The molecule has 7 nitrogen and oxygen atoms in total. The molecule has 158 valence electrons. The van der Waals surface area contributed by atoms with Crippen molar-refractivity contribution in [1.29, 1.82) is 10.5 Å². The van der Waals surface area contributed by atoms with Gasteiger partial charge in [0.15, 0.2) is 5.76 Å². The lowest BCUT2D eigenvalue weighted by molar-refractivity contribution is -0.143. The normalized spacial score (nSPS) is 17.7. The molecule has 7 heteroatoms. The molecule has 0 fully saturated rings. The van der Waals surface area contributed by atoms with Crippen molar-refractivity contribution in [3.63, 3.8) is 0 Å². The summed E-state index contributed by atoms with van der Waals surface area (Å²) in [5.41, 5.74) is 2.64. The summed E-state index contributed by atoms with van der Waals surface area (Å²) in [6.07, 6.45) is 0.930. The van der Waals surface area contributed by atoms with Crippen molar-refractivity contribution in [2.75, 3.05) is 11.9 Å². The van der Waals surface area contributed by atoms with Crippen LogP contribution in [0.15, 0.2) is 58.0 Å². The molecule has 0 bridgehead atoms. The van der Waals surface area contributed by atoms with Crippen LogP contribution in [-0.4, -0.2) is 23.5 Å². The highest BCUT2D eigenvalue weighted by Crippen LogP contribution is 2.49. The quantitative estimate of drug-likeness (QED) is 0.405. The number of carbonyl (C=O) groups is 2. The standard InChI is InChI=1S/C24H23N3O4/c1-4-31-18(28)11-7-8-15(20-19(14(12-25)13-26)21(29)22(20)30)23-24(2,3)16-9-5-6-10-17(16)27-23/h5-6,9-10,27,30H,4,7-8,11H2,1-3H3. The van der Waals surface area contributed by atoms with Crippen molar-refractivity contribution in [2.45, 2.75) is 45.4 Å². The van der Waals surface area contributed by atoms with Gasteiger partial charge >= 0.3 is 5.97 Å². The number of ketones is 1. The number of aliphatic hydroxyl groups excluding tert-OH is 1. The third-order valence-corrected chi connectivity index (χ3v) is 5.60. The number of ether oxygens (including phenoxy) is 1. The zero-order chi connectivity index (χ0) is 22.8. The van der Waals surface area contributed by atoms with E-state index in [9.17, 15) is 25.2 Å². The lowest BCUT2D eigenvalue weighted by Gasteiger charge is -2.30. The fourth-order valence-corrected chi connectivity index (χ4v) is 4.10. The molecule has 2 aliphatic rings. The van der Waals surface area contributed by atoms with Gasteiger partial charge in [-0.25, -0.2) is 0 Å². The second-order valence-electron chi connectivity index (χ2n) is 7.83. The number of esters is 1. The lowest BCUT2D eigenvalue weighted by atomic mass is 9.73. The summed E-state index contributed by atoms with van der Waals surface area (Å²) in [7, 11) is 0. The molecule has 0 saturated carbocycles. The van der Waals surface area contributed by atoms with Crippen LogP contribution in [0.4, 0.5) is 5.69 Å². The molecule has 1 aromatic carbocycles. The molecule has 31 heavy (non-hydrogen) atoms. The number of hydrogen-bond acceptors (Lipinski definition) is 7. The first-order valence-electron chi connectivity index (χ1n) is 10.1. The first-order valence-corrected chi connectivity index (χ1v) is 10.1. The van der Waals surface area contributed by atoms with Gasteiger partial charge in [0.2, 0.25) is 5.78 Å². The number of allylic oxidation sites excluding steroid dienone is 5. The number of Topliss-reactive ketones (excluding diaryl/α,β-unsaturated/α-hetero) is 1. The van der Waals surface area contributed by atoms with Crippen molar-refractivity contribution in [3.05, 3.63) is 63.6 Å². The molecule has 1 aromatic rings. The van der Waals surface area contributed by atoms with Gasteiger partial charge in [-0.3, -0.25) is 9.59 Å². The van der Waals surface area contributed by atoms with Gasteiger partial charge in [-0.2, -0.15) is 10.5 Å². The molecule has 1 aliphatic heterocycles. The molecule has 0 amide bonds. The van der Waals surface area contributed by atoms with Gasteiger partial charge in [-0.05, 0) is 37.0 Å². The third kappa shape index (κ3) is 3.71. The van der Waals surface area contributed by atoms with E-state index in [1.807, 2.05) is 38.1 Å². The largest absolute Gasteiger partial charge is 0.504 e. The van der Waals surface area contributed by atoms with Crippen molar-refractivity contribution >= 4 is 17.4 Å². The Morgan fingerprint density at radius 3 is 2.48 bits per heavy atom. The Morgan fingerprint density at radius 2 is 1.87 bits per heavy atom.